The van der Waals surface area contributed by atoms with Gasteiger partial charge in [-0.2, -0.15) is 0 Å². The fraction of sp³-hybridized carbons (Fsp3) is 0.611. The molecule has 0 radical (unpaired) electrons. The standard InChI is InChI=1S/C18H28FN3O3.HI/c1-20-18(21-11-14-4-5-17(24-3)16(19)10-14)22-7-6-15(12-22)13-25-9-8-23-2;/h4-5,10,15H,6-9,11-13H2,1-3H3,(H,20,21);1H. The summed E-state index contributed by atoms with van der Waals surface area (Å²) in [6.07, 6.45) is 1.07. The van der Waals surface area contributed by atoms with Gasteiger partial charge in [-0.05, 0) is 24.1 Å². The summed E-state index contributed by atoms with van der Waals surface area (Å²) in [6.45, 7) is 4.35. The molecule has 1 heterocycles. The smallest absolute Gasteiger partial charge is 0.193 e. The van der Waals surface area contributed by atoms with Crippen molar-refractivity contribution < 1.29 is 18.6 Å². The van der Waals surface area contributed by atoms with E-state index in [4.69, 9.17) is 14.2 Å². The van der Waals surface area contributed by atoms with Crippen molar-refractivity contribution in [3.63, 3.8) is 0 Å². The predicted octanol–water partition coefficient (Wildman–Crippen LogP) is 2.51. The molecule has 0 aliphatic carbocycles. The SMILES string of the molecule is CN=C(NCc1ccc(OC)c(F)c1)N1CCC(COCCOC)C1.I. The maximum absolute atomic E-state index is 13.8. The Kier molecular flexibility index (Phi) is 10.8. The molecule has 0 bridgehead atoms. The van der Waals surface area contributed by atoms with Crippen LogP contribution >= 0.6 is 24.0 Å². The topological polar surface area (TPSA) is 55.3 Å². The summed E-state index contributed by atoms with van der Waals surface area (Å²) in [6, 6.07) is 4.96. The van der Waals surface area contributed by atoms with Crippen molar-refractivity contribution >= 4 is 29.9 Å². The Labute approximate surface area is 172 Å². The molecule has 26 heavy (non-hydrogen) atoms. The average Bonchev–Trinajstić information content (AvgIpc) is 3.08. The second-order valence-electron chi connectivity index (χ2n) is 6.04. The zero-order valence-corrected chi connectivity index (χ0v) is 18.0. The van der Waals surface area contributed by atoms with Gasteiger partial charge >= 0.3 is 0 Å². The lowest BCUT2D eigenvalue weighted by Gasteiger charge is -2.22. The maximum Gasteiger partial charge on any atom is 0.193 e. The van der Waals surface area contributed by atoms with Crippen LogP contribution in [0.2, 0.25) is 0 Å². The molecule has 2 rings (SSSR count). The number of halogens is 2. The van der Waals surface area contributed by atoms with E-state index in [1.165, 1.54) is 13.2 Å². The Bertz CT molecular complexity index is 575. The van der Waals surface area contributed by atoms with Gasteiger partial charge in [0.25, 0.3) is 0 Å². The molecule has 6 nitrogen and oxygen atoms in total. The van der Waals surface area contributed by atoms with Crippen molar-refractivity contribution in [2.75, 3.05) is 54.2 Å². The average molecular weight is 481 g/mol. The van der Waals surface area contributed by atoms with Crippen molar-refractivity contribution in [2.24, 2.45) is 10.9 Å². The number of methoxy groups -OCH3 is 2. The third-order valence-corrected chi connectivity index (χ3v) is 4.25. The molecule has 0 aromatic heterocycles. The Morgan fingerprint density at radius 2 is 2.15 bits per heavy atom. The molecule has 148 valence electrons. The zero-order chi connectivity index (χ0) is 18.1. The molecule has 0 saturated carbocycles. The van der Waals surface area contributed by atoms with Crippen molar-refractivity contribution in [3.05, 3.63) is 29.6 Å². The summed E-state index contributed by atoms with van der Waals surface area (Å²) in [7, 11) is 4.89. The minimum absolute atomic E-state index is 0. The minimum Gasteiger partial charge on any atom is -0.494 e. The Morgan fingerprint density at radius 1 is 1.35 bits per heavy atom. The second-order valence-corrected chi connectivity index (χ2v) is 6.04. The number of ether oxygens (including phenoxy) is 3. The first-order chi connectivity index (χ1) is 12.2. The molecule has 1 fully saturated rings. The van der Waals surface area contributed by atoms with Crippen LogP contribution in [0.3, 0.4) is 0 Å². The molecule has 1 aliphatic rings. The lowest BCUT2D eigenvalue weighted by atomic mass is 10.1. The molecule has 8 heteroatoms. The summed E-state index contributed by atoms with van der Waals surface area (Å²) in [5.74, 6) is 1.22. The van der Waals surface area contributed by atoms with E-state index >= 15 is 0 Å². The molecule has 0 amide bonds. The van der Waals surface area contributed by atoms with Crippen LogP contribution in [-0.2, 0) is 16.0 Å². The summed E-state index contributed by atoms with van der Waals surface area (Å²) < 4.78 is 29.3. The van der Waals surface area contributed by atoms with E-state index in [2.05, 4.69) is 15.2 Å². The summed E-state index contributed by atoms with van der Waals surface area (Å²) in [5.41, 5.74) is 0.845. The van der Waals surface area contributed by atoms with Gasteiger partial charge in [0.15, 0.2) is 17.5 Å². The lowest BCUT2D eigenvalue weighted by molar-refractivity contribution is 0.0536. The highest BCUT2D eigenvalue weighted by molar-refractivity contribution is 14.0. The van der Waals surface area contributed by atoms with Gasteiger partial charge in [0, 0.05) is 39.7 Å². The number of hydrogen-bond acceptors (Lipinski definition) is 4. The van der Waals surface area contributed by atoms with Crippen LogP contribution in [0, 0.1) is 11.7 Å². The van der Waals surface area contributed by atoms with E-state index in [0.29, 0.717) is 25.7 Å². The van der Waals surface area contributed by atoms with Crippen molar-refractivity contribution in [1.82, 2.24) is 10.2 Å². The van der Waals surface area contributed by atoms with Crippen LogP contribution in [0.25, 0.3) is 0 Å². The van der Waals surface area contributed by atoms with Crippen LogP contribution in [-0.4, -0.2) is 65.0 Å². The molecule has 1 aliphatic heterocycles. The molecular weight excluding hydrogens is 452 g/mol. The quantitative estimate of drug-likeness (QED) is 0.268. The Balaban J connectivity index is 0.00000338. The third kappa shape index (κ3) is 6.88. The van der Waals surface area contributed by atoms with Gasteiger partial charge in [-0.1, -0.05) is 6.07 Å². The Morgan fingerprint density at radius 3 is 2.81 bits per heavy atom. The lowest BCUT2D eigenvalue weighted by Crippen LogP contribution is -2.39. The minimum atomic E-state index is -0.355. The highest BCUT2D eigenvalue weighted by Gasteiger charge is 2.24. The first-order valence-electron chi connectivity index (χ1n) is 8.52. The van der Waals surface area contributed by atoms with Gasteiger partial charge in [-0.15, -0.1) is 24.0 Å². The van der Waals surface area contributed by atoms with Crippen LogP contribution < -0.4 is 10.1 Å². The number of rotatable bonds is 8. The molecule has 1 saturated heterocycles. The fourth-order valence-corrected chi connectivity index (χ4v) is 2.89. The van der Waals surface area contributed by atoms with E-state index in [1.807, 2.05) is 6.07 Å². The van der Waals surface area contributed by atoms with Crippen LogP contribution in [0.5, 0.6) is 5.75 Å². The monoisotopic (exact) mass is 481 g/mol. The van der Waals surface area contributed by atoms with Crippen LogP contribution in [0.1, 0.15) is 12.0 Å². The van der Waals surface area contributed by atoms with Gasteiger partial charge in [0.1, 0.15) is 0 Å². The van der Waals surface area contributed by atoms with Crippen molar-refractivity contribution in [2.45, 2.75) is 13.0 Å². The number of nitrogens with zero attached hydrogens (tertiary/aromatic N) is 2. The van der Waals surface area contributed by atoms with E-state index in [9.17, 15) is 4.39 Å². The summed E-state index contributed by atoms with van der Waals surface area (Å²) >= 11 is 0. The Hall–Kier alpha value is -1.13. The summed E-state index contributed by atoms with van der Waals surface area (Å²) in [5, 5.41) is 3.30. The largest absolute Gasteiger partial charge is 0.494 e. The number of benzene rings is 1. The highest BCUT2D eigenvalue weighted by Crippen LogP contribution is 2.19. The third-order valence-electron chi connectivity index (χ3n) is 4.25. The number of guanidine groups is 1. The van der Waals surface area contributed by atoms with Gasteiger partial charge in [0.05, 0.1) is 26.9 Å². The van der Waals surface area contributed by atoms with E-state index in [1.54, 1.807) is 20.2 Å². The number of aliphatic imine (C=N–C) groups is 1. The number of hydrogen-bond donors (Lipinski definition) is 1. The molecule has 1 atom stereocenters. The first kappa shape index (κ1) is 22.9. The molecule has 1 aromatic rings. The van der Waals surface area contributed by atoms with Crippen molar-refractivity contribution in [3.8, 4) is 5.75 Å². The van der Waals surface area contributed by atoms with Gasteiger partial charge in [-0.3, -0.25) is 4.99 Å². The maximum atomic E-state index is 13.8. The predicted molar refractivity (Wildman–Crippen MR) is 111 cm³/mol. The van der Waals surface area contributed by atoms with E-state index in [0.717, 1.165) is 37.6 Å². The molecule has 0 spiro atoms. The fourth-order valence-electron chi connectivity index (χ4n) is 2.89. The van der Waals surface area contributed by atoms with Gasteiger partial charge in [-0.25, -0.2) is 4.39 Å². The van der Waals surface area contributed by atoms with Crippen LogP contribution in [0.15, 0.2) is 23.2 Å². The van der Waals surface area contributed by atoms with E-state index in [-0.39, 0.29) is 35.5 Å². The van der Waals surface area contributed by atoms with Gasteiger partial charge in [0.2, 0.25) is 0 Å². The second kappa shape index (κ2) is 12.3. The molecular formula is C18H29FIN3O3. The number of nitrogens with one attached hydrogen (secondary N) is 1. The molecule has 1 aromatic carbocycles. The van der Waals surface area contributed by atoms with Gasteiger partial charge < -0.3 is 24.4 Å². The molecule has 1 unspecified atom stereocenters. The van der Waals surface area contributed by atoms with Crippen molar-refractivity contribution in [1.29, 1.82) is 0 Å². The highest BCUT2D eigenvalue weighted by atomic mass is 127. The normalized spacial score (nSPS) is 17.2. The van der Waals surface area contributed by atoms with E-state index < -0.39 is 0 Å². The number of likely N-dealkylation sites (tertiary alicyclic amines) is 1. The molecule has 1 N–H and O–H groups in total. The zero-order valence-electron chi connectivity index (χ0n) is 15.7. The van der Waals surface area contributed by atoms with Crippen LogP contribution in [0.4, 0.5) is 4.39 Å². The summed E-state index contributed by atoms with van der Waals surface area (Å²) in [4.78, 5) is 6.55. The first-order valence-corrected chi connectivity index (χ1v) is 8.52.